The summed E-state index contributed by atoms with van der Waals surface area (Å²) in [5.74, 6) is 0. The average Bonchev–Trinajstić information content (AvgIpc) is 1.80. The first-order chi connectivity index (χ1) is 4.27. The summed E-state index contributed by atoms with van der Waals surface area (Å²) in [6, 6.07) is 1.90. The monoisotopic (exact) mass is 147 g/mol. The molecule has 52 valence electrons. The summed E-state index contributed by atoms with van der Waals surface area (Å²) in [5, 5.41) is 8.00. The second-order valence-electron chi connectivity index (χ2n) is 1.39. The molecule has 1 unspecified atom stereocenters. The van der Waals surface area contributed by atoms with Gasteiger partial charge in [0, 0.05) is 24.2 Å². The highest BCUT2D eigenvalue weighted by atomic mass is 32.2. The summed E-state index contributed by atoms with van der Waals surface area (Å²) in [4.78, 5) is 0. The van der Waals surface area contributed by atoms with Crippen molar-refractivity contribution in [3.63, 3.8) is 0 Å². The van der Waals surface area contributed by atoms with Crippen molar-refractivity contribution in [1.82, 2.24) is 4.72 Å². The van der Waals surface area contributed by atoms with E-state index in [1.54, 1.807) is 0 Å². The van der Waals surface area contributed by atoms with E-state index in [9.17, 15) is 8.76 Å². The smallest absolute Gasteiger partial charge is 0.0622 e. The zero-order valence-corrected chi connectivity index (χ0v) is 5.61. The number of nitrogens with zero attached hydrogens (tertiary/aromatic N) is 1. The molecule has 0 aromatic rings. The molecular formula is C4H7N2O2S-. The standard InChI is InChI=1S/C4H8N2O2S/c5-3-1-2-4-6-9(7)8/h6H,1-2,4H2,(H,7,8)/p-1. The van der Waals surface area contributed by atoms with Gasteiger partial charge in [0.05, 0.1) is 6.07 Å². The van der Waals surface area contributed by atoms with Crippen LogP contribution < -0.4 is 4.72 Å². The Bertz CT molecular complexity index is 131. The largest absolute Gasteiger partial charge is 0.760 e. The van der Waals surface area contributed by atoms with Gasteiger partial charge in [0.1, 0.15) is 0 Å². The van der Waals surface area contributed by atoms with Gasteiger partial charge in [0.2, 0.25) is 0 Å². The van der Waals surface area contributed by atoms with Crippen LogP contribution >= 0.6 is 0 Å². The molecule has 0 aliphatic carbocycles. The highest BCUT2D eigenvalue weighted by Crippen LogP contribution is 1.81. The Hall–Kier alpha value is -0.440. The molecule has 4 nitrogen and oxygen atoms in total. The number of nitriles is 1. The predicted molar refractivity (Wildman–Crippen MR) is 31.8 cm³/mol. The van der Waals surface area contributed by atoms with Crippen LogP contribution in [-0.4, -0.2) is 15.3 Å². The fraction of sp³-hybridized carbons (Fsp3) is 0.750. The topological polar surface area (TPSA) is 76.0 Å². The van der Waals surface area contributed by atoms with E-state index in [-0.39, 0.29) is 0 Å². The van der Waals surface area contributed by atoms with Crippen molar-refractivity contribution in [1.29, 1.82) is 5.26 Å². The lowest BCUT2D eigenvalue weighted by Crippen LogP contribution is -2.17. The highest BCUT2D eigenvalue weighted by molar-refractivity contribution is 7.77. The Labute approximate surface area is 56.3 Å². The van der Waals surface area contributed by atoms with E-state index in [1.807, 2.05) is 6.07 Å². The van der Waals surface area contributed by atoms with Crippen molar-refractivity contribution >= 4 is 11.3 Å². The molecule has 0 aliphatic rings. The van der Waals surface area contributed by atoms with Crippen molar-refractivity contribution in [2.75, 3.05) is 6.54 Å². The first-order valence-electron chi connectivity index (χ1n) is 2.47. The number of unbranched alkanes of at least 4 members (excludes halogenated alkanes) is 1. The van der Waals surface area contributed by atoms with E-state index < -0.39 is 11.3 Å². The molecule has 0 amide bonds. The van der Waals surface area contributed by atoms with E-state index in [1.165, 1.54) is 0 Å². The lowest BCUT2D eigenvalue weighted by atomic mass is 10.3. The Morgan fingerprint density at radius 3 is 2.89 bits per heavy atom. The minimum absolute atomic E-state index is 0.351. The molecule has 1 N–H and O–H groups in total. The Morgan fingerprint density at radius 2 is 2.44 bits per heavy atom. The number of rotatable bonds is 4. The number of hydrogen-bond acceptors (Lipinski definition) is 3. The minimum atomic E-state index is -2.18. The van der Waals surface area contributed by atoms with Crippen molar-refractivity contribution in [2.45, 2.75) is 12.8 Å². The van der Waals surface area contributed by atoms with Gasteiger partial charge in [-0.3, -0.25) is 4.21 Å². The third kappa shape index (κ3) is 7.56. The summed E-state index contributed by atoms with van der Waals surface area (Å²) in [5.41, 5.74) is 0. The molecule has 0 rings (SSSR count). The molecule has 0 aliphatic heterocycles. The molecule has 0 aromatic heterocycles. The predicted octanol–water partition coefficient (Wildman–Crippen LogP) is -0.326. The molecule has 0 fully saturated rings. The Kier molecular flexibility index (Phi) is 5.41. The molecule has 1 atom stereocenters. The van der Waals surface area contributed by atoms with Gasteiger partial charge < -0.3 is 4.55 Å². The van der Waals surface area contributed by atoms with Crippen LogP contribution in [0.3, 0.4) is 0 Å². The van der Waals surface area contributed by atoms with Crippen LogP contribution in [-0.2, 0) is 11.3 Å². The fourth-order valence-electron chi connectivity index (χ4n) is 0.323. The van der Waals surface area contributed by atoms with Gasteiger partial charge in [-0.2, -0.15) is 5.26 Å². The van der Waals surface area contributed by atoms with Crippen LogP contribution in [0.15, 0.2) is 0 Å². The average molecular weight is 147 g/mol. The van der Waals surface area contributed by atoms with Gasteiger partial charge in [-0.25, -0.2) is 4.72 Å². The maximum atomic E-state index is 9.77. The van der Waals surface area contributed by atoms with Crippen LogP contribution in [0.1, 0.15) is 12.8 Å². The van der Waals surface area contributed by atoms with Gasteiger partial charge in [-0.1, -0.05) is 0 Å². The van der Waals surface area contributed by atoms with Crippen LogP contribution in [0.4, 0.5) is 0 Å². The first kappa shape index (κ1) is 8.56. The molecule has 0 radical (unpaired) electrons. The van der Waals surface area contributed by atoms with Gasteiger partial charge in [0.15, 0.2) is 0 Å². The Balaban J connectivity index is 2.94. The summed E-state index contributed by atoms with van der Waals surface area (Å²) < 4.78 is 21.7. The van der Waals surface area contributed by atoms with Crippen molar-refractivity contribution in [2.24, 2.45) is 0 Å². The second kappa shape index (κ2) is 5.69. The van der Waals surface area contributed by atoms with E-state index in [0.29, 0.717) is 19.4 Å². The fourth-order valence-corrected chi connectivity index (χ4v) is 0.634. The van der Waals surface area contributed by atoms with Gasteiger partial charge >= 0.3 is 0 Å². The van der Waals surface area contributed by atoms with Crippen LogP contribution in [0, 0.1) is 11.3 Å². The zero-order valence-electron chi connectivity index (χ0n) is 4.79. The lowest BCUT2D eigenvalue weighted by Gasteiger charge is -2.03. The Morgan fingerprint density at radius 1 is 1.78 bits per heavy atom. The quantitative estimate of drug-likeness (QED) is 0.437. The lowest BCUT2D eigenvalue weighted by molar-refractivity contribution is 0.522. The zero-order chi connectivity index (χ0) is 7.11. The minimum Gasteiger partial charge on any atom is -0.760 e. The SMILES string of the molecule is N#CCCCNS(=O)[O-]. The highest BCUT2D eigenvalue weighted by Gasteiger charge is 1.83. The normalized spacial score (nSPS) is 12.4. The molecule has 0 aromatic carbocycles. The van der Waals surface area contributed by atoms with Gasteiger partial charge in [-0.15, -0.1) is 0 Å². The van der Waals surface area contributed by atoms with Crippen LogP contribution in [0.2, 0.25) is 0 Å². The first-order valence-corrected chi connectivity index (χ1v) is 3.54. The summed E-state index contributed by atoms with van der Waals surface area (Å²) >= 11 is -2.18. The second-order valence-corrected chi connectivity index (χ2v) is 2.15. The summed E-state index contributed by atoms with van der Waals surface area (Å²) in [7, 11) is 0. The third-order valence-corrected chi connectivity index (χ3v) is 1.13. The summed E-state index contributed by atoms with van der Waals surface area (Å²) in [6.07, 6.45) is 0.967. The molecule has 0 saturated heterocycles. The maximum absolute atomic E-state index is 9.77. The molecule has 9 heavy (non-hydrogen) atoms. The van der Waals surface area contributed by atoms with Crippen molar-refractivity contribution in [3.8, 4) is 6.07 Å². The van der Waals surface area contributed by atoms with Gasteiger partial charge in [-0.05, 0) is 6.42 Å². The van der Waals surface area contributed by atoms with Gasteiger partial charge in [0.25, 0.3) is 0 Å². The molecule has 0 spiro atoms. The van der Waals surface area contributed by atoms with E-state index >= 15 is 0 Å². The maximum Gasteiger partial charge on any atom is 0.0622 e. The molecule has 0 bridgehead atoms. The van der Waals surface area contributed by atoms with E-state index in [4.69, 9.17) is 5.26 Å². The summed E-state index contributed by atoms with van der Waals surface area (Å²) in [6.45, 7) is 0.351. The number of hydrogen-bond donors (Lipinski definition) is 1. The molecule has 5 heteroatoms. The van der Waals surface area contributed by atoms with E-state index in [2.05, 4.69) is 4.72 Å². The van der Waals surface area contributed by atoms with Crippen LogP contribution in [0.25, 0.3) is 0 Å². The third-order valence-electron chi connectivity index (χ3n) is 0.685. The van der Waals surface area contributed by atoms with Crippen molar-refractivity contribution < 1.29 is 8.76 Å². The van der Waals surface area contributed by atoms with E-state index in [0.717, 1.165) is 0 Å². The number of nitrogens with one attached hydrogen (secondary N) is 1. The molecule has 0 heterocycles. The molecule has 0 saturated carbocycles. The van der Waals surface area contributed by atoms with Crippen molar-refractivity contribution in [3.05, 3.63) is 0 Å². The molecular weight excluding hydrogens is 140 g/mol. The van der Waals surface area contributed by atoms with Crippen LogP contribution in [0.5, 0.6) is 0 Å².